The average Bonchev–Trinajstić information content (AvgIpc) is 3.64. The molecule has 0 amide bonds. The van der Waals surface area contributed by atoms with Crippen molar-refractivity contribution in [1.29, 1.82) is 0 Å². The molecule has 3 aromatic heterocycles. The van der Waals surface area contributed by atoms with Crippen LogP contribution in [0.4, 0.5) is 23.0 Å². The molecule has 332 valence electrons. The van der Waals surface area contributed by atoms with Crippen molar-refractivity contribution in [3.8, 4) is 0 Å². The summed E-state index contributed by atoms with van der Waals surface area (Å²) < 4.78 is 2.46. The number of aryl methyl sites for hydroxylation is 4. The number of nitrogens with one attached hydrogen (secondary N) is 1. The summed E-state index contributed by atoms with van der Waals surface area (Å²) in [7, 11) is 0. The van der Waals surface area contributed by atoms with E-state index in [1.54, 1.807) is 0 Å². The predicted octanol–water partition coefficient (Wildman–Crippen LogP) is 12.3. The first kappa shape index (κ1) is 44.5. The molecule has 2 aliphatic carbocycles. The van der Waals surface area contributed by atoms with Gasteiger partial charge in [-0.05, 0) is 104 Å². The summed E-state index contributed by atoms with van der Waals surface area (Å²) in [4.78, 5) is 20.4. The number of nitrogen functional groups attached to an aromatic ring is 1. The highest BCUT2D eigenvalue weighted by Gasteiger charge is 2.27. The molecule has 0 saturated heterocycles. The molecule has 0 spiro atoms. The van der Waals surface area contributed by atoms with Gasteiger partial charge in [-0.3, -0.25) is 0 Å². The van der Waals surface area contributed by atoms with Crippen molar-refractivity contribution in [3.05, 3.63) is 172 Å². The fourth-order valence-corrected chi connectivity index (χ4v) is 9.40. The normalized spacial score (nSPS) is 13.3. The van der Waals surface area contributed by atoms with E-state index in [1.807, 2.05) is 0 Å². The van der Waals surface area contributed by atoms with Crippen molar-refractivity contribution in [2.24, 2.45) is 11.8 Å². The van der Waals surface area contributed by atoms with Crippen LogP contribution in [0.5, 0.6) is 0 Å². The highest BCUT2D eigenvalue weighted by molar-refractivity contribution is 5.90. The molecule has 8 heteroatoms. The van der Waals surface area contributed by atoms with Crippen LogP contribution in [0.3, 0.4) is 0 Å². The summed E-state index contributed by atoms with van der Waals surface area (Å²) in [5, 5.41) is 3.67. The number of nitrogens with two attached hydrogens (primary N) is 1. The smallest absolute Gasteiger partial charge is 0.157 e. The van der Waals surface area contributed by atoms with E-state index in [9.17, 15) is 0 Å². The maximum Gasteiger partial charge on any atom is 0.157 e. The Morgan fingerprint density at radius 3 is 1.44 bits per heavy atom. The predicted molar refractivity (Wildman–Crippen MR) is 268 cm³/mol. The van der Waals surface area contributed by atoms with Crippen molar-refractivity contribution in [2.45, 2.75) is 119 Å². The van der Waals surface area contributed by atoms with Crippen LogP contribution in [0.2, 0.25) is 0 Å². The third kappa shape index (κ3) is 10.8. The zero-order valence-electron chi connectivity index (χ0n) is 38.9. The Balaban J connectivity index is 0.000000175. The van der Waals surface area contributed by atoms with Gasteiger partial charge in [0, 0.05) is 50.7 Å². The molecule has 0 fully saturated rings. The lowest BCUT2D eigenvalue weighted by Gasteiger charge is -2.30. The monoisotopic (exact) mass is 853 g/mol. The highest BCUT2D eigenvalue weighted by Crippen LogP contribution is 2.39. The Kier molecular flexibility index (Phi) is 14.6. The Hall–Kier alpha value is -6.15. The van der Waals surface area contributed by atoms with Gasteiger partial charge in [-0.1, -0.05) is 149 Å². The minimum Gasteiger partial charge on any atom is -0.394 e. The lowest BCUT2D eigenvalue weighted by atomic mass is 9.93. The third-order valence-electron chi connectivity index (χ3n) is 12.5. The fourth-order valence-electron chi connectivity index (χ4n) is 9.40. The van der Waals surface area contributed by atoms with Gasteiger partial charge in [0.05, 0.1) is 16.9 Å². The number of rotatable bonds is 15. The summed E-state index contributed by atoms with van der Waals surface area (Å²) in [6.45, 7) is 16.3. The Morgan fingerprint density at radius 2 is 0.969 bits per heavy atom. The molecule has 0 radical (unpaired) electrons. The van der Waals surface area contributed by atoms with E-state index < -0.39 is 0 Å². The standard InChI is InChI=1S/C29H34N4.C27H34N4/c1-21(2)18-33-22(3)30-27-28(33)25-16-10-11-17-26(25)31-29(27)32(19-23-12-6-4-7-13-23)20-24-14-8-5-9-15-24;1-20(2)17-29-26-23-15-9-10-16-24(23)30-27(25(26)28)31(18-21-11-5-3-6-12-21)19-22-13-7-4-8-14-22/h4-9,12-15,21H,10-11,16-20H2,1-3H3;3-8,11-14,20H,9-10,15-19,28H2,1-2H3,(H,29,30). The third-order valence-corrected chi connectivity index (χ3v) is 12.5. The number of pyridine rings is 2. The van der Waals surface area contributed by atoms with Crippen molar-refractivity contribution in [3.63, 3.8) is 0 Å². The first-order chi connectivity index (χ1) is 31.2. The number of hydrogen-bond acceptors (Lipinski definition) is 7. The molecule has 2 aliphatic rings. The first-order valence-electron chi connectivity index (χ1n) is 23.8. The van der Waals surface area contributed by atoms with Crippen molar-refractivity contribution < 1.29 is 0 Å². The maximum absolute atomic E-state index is 6.84. The van der Waals surface area contributed by atoms with Gasteiger partial charge < -0.3 is 25.4 Å². The summed E-state index contributed by atoms with van der Waals surface area (Å²) in [6, 6.07) is 42.6. The number of benzene rings is 4. The minimum atomic E-state index is 0.556. The molecule has 64 heavy (non-hydrogen) atoms. The SMILES string of the molecule is CC(C)CNc1c(N)c(N(Cc2ccccc2)Cc2ccccc2)nc2c1CCCC2.Cc1nc2c(N(Cc3ccccc3)Cc3ccccc3)nc3c(c2n1CC(C)C)CCCC3. The number of fused-ring (bicyclic) bond motifs is 4. The van der Waals surface area contributed by atoms with Crippen LogP contribution in [0.1, 0.15) is 104 Å². The Bertz CT molecular complexity index is 2480. The topological polar surface area (TPSA) is 88.1 Å². The number of hydrogen-bond donors (Lipinski definition) is 2. The number of nitrogens with zero attached hydrogens (tertiary/aromatic N) is 6. The lowest BCUT2D eigenvalue weighted by Crippen LogP contribution is -2.26. The van der Waals surface area contributed by atoms with Crippen LogP contribution in [0.25, 0.3) is 11.0 Å². The highest BCUT2D eigenvalue weighted by atomic mass is 15.2. The fraction of sp³-hybridized carbons (Fsp3) is 0.375. The van der Waals surface area contributed by atoms with E-state index in [0.717, 1.165) is 99.3 Å². The van der Waals surface area contributed by atoms with Gasteiger partial charge in [0.25, 0.3) is 0 Å². The van der Waals surface area contributed by atoms with Gasteiger partial charge in [-0.25, -0.2) is 15.0 Å². The first-order valence-corrected chi connectivity index (χ1v) is 23.8. The molecular weight excluding hydrogens is 785 g/mol. The Labute approximate surface area is 382 Å². The van der Waals surface area contributed by atoms with Gasteiger partial charge in [-0.15, -0.1) is 0 Å². The molecule has 0 bridgehead atoms. The maximum atomic E-state index is 6.84. The van der Waals surface area contributed by atoms with Crippen LogP contribution in [-0.4, -0.2) is 26.1 Å². The molecule has 9 rings (SSSR count). The number of aromatic nitrogens is 4. The average molecular weight is 853 g/mol. The molecule has 3 N–H and O–H groups in total. The zero-order chi connectivity index (χ0) is 44.4. The Morgan fingerprint density at radius 1 is 0.547 bits per heavy atom. The van der Waals surface area contributed by atoms with Crippen LogP contribution < -0.4 is 20.9 Å². The second-order valence-corrected chi connectivity index (χ2v) is 18.7. The van der Waals surface area contributed by atoms with E-state index in [1.165, 1.54) is 76.0 Å². The van der Waals surface area contributed by atoms with E-state index in [4.69, 9.17) is 20.7 Å². The van der Waals surface area contributed by atoms with Crippen LogP contribution in [0.15, 0.2) is 121 Å². The molecular formula is C56H68N8. The van der Waals surface area contributed by atoms with Gasteiger partial charge in [0.15, 0.2) is 11.6 Å². The summed E-state index contributed by atoms with van der Waals surface area (Å²) >= 11 is 0. The van der Waals surface area contributed by atoms with E-state index in [2.05, 4.69) is 176 Å². The van der Waals surface area contributed by atoms with E-state index in [-0.39, 0.29) is 0 Å². The molecule has 8 nitrogen and oxygen atoms in total. The zero-order valence-corrected chi connectivity index (χ0v) is 38.9. The molecule has 0 saturated carbocycles. The molecule has 3 heterocycles. The largest absolute Gasteiger partial charge is 0.394 e. The second-order valence-electron chi connectivity index (χ2n) is 18.7. The van der Waals surface area contributed by atoms with Crippen LogP contribution >= 0.6 is 0 Å². The second kappa shape index (κ2) is 21.0. The number of imidazole rings is 1. The van der Waals surface area contributed by atoms with Gasteiger partial charge in [-0.2, -0.15) is 0 Å². The van der Waals surface area contributed by atoms with Crippen LogP contribution in [-0.2, 0) is 58.4 Å². The van der Waals surface area contributed by atoms with Crippen molar-refractivity contribution >= 4 is 34.0 Å². The van der Waals surface area contributed by atoms with Crippen molar-refractivity contribution in [1.82, 2.24) is 19.5 Å². The van der Waals surface area contributed by atoms with Crippen molar-refractivity contribution in [2.75, 3.05) is 27.4 Å². The summed E-state index contributed by atoms with van der Waals surface area (Å²) in [5.74, 6) is 4.16. The summed E-state index contributed by atoms with van der Waals surface area (Å²) in [6.07, 6.45) is 9.14. The van der Waals surface area contributed by atoms with Gasteiger partial charge in [0.1, 0.15) is 11.3 Å². The molecule has 0 atom stereocenters. The lowest BCUT2D eigenvalue weighted by molar-refractivity contribution is 0.522. The minimum absolute atomic E-state index is 0.556. The quantitative estimate of drug-likeness (QED) is 0.106. The molecule has 0 aliphatic heterocycles. The van der Waals surface area contributed by atoms with Gasteiger partial charge >= 0.3 is 0 Å². The summed E-state index contributed by atoms with van der Waals surface area (Å²) in [5.41, 5.74) is 21.5. The van der Waals surface area contributed by atoms with E-state index in [0.29, 0.717) is 11.8 Å². The van der Waals surface area contributed by atoms with E-state index >= 15 is 0 Å². The molecule has 4 aromatic carbocycles. The molecule has 7 aromatic rings. The van der Waals surface area contributed by atoms with Crippen LogP contribution in [0, 0.1) is 18.8 Å². The van der Waals surface area contributed by atoms with Gasteiger partial charge in [0.2, 0.25) is 0 Å². The molecule has 0 unspecified atom stereocenters. The number of anilines is 4.